The van der Waals surface area contributed by atoms with Crippen LogP contribution in [0.2, 0.25) is 0 Å². The number of nitrogens with zero attached hydrogens (tertiary/aromatic N) is 3. The Morgan fingerprint density at radius 2 is 2.09 bits per heavy atom. The number of hydrogen-bond donors (Lipinski definition) is 3. The number of rotatable bonds is 4. The van der Waals surface area contributed by atoms with Crippen LogP contribution in [0.25, 0.3) is 0 Å². The third-order valence-electron chi connectivity index (χ3n) is 4.30. The van der Waals surface area contributed by atoms with E-state index in [1.54, 1.807) is 0 Å². The number of nitrogen functional groups attached to an aromatic ring is 1. The van der Waals surface area contributed by atoms with Gasteiger partial charge in [0.2, 0.25) is 10.3 Å². The van der Waals surface area contributed by atoms with Gasteiger partial charge in [0.15, 0.2) is 0 Å². The summed E-state index contributed by atoms with van der Waals surface area (Å²) in [5.41, 5.74) is 6.16. The van der Waals surface area contributed by atoms with Crippen molar-refractivity contribution >= 4 is 21.6 Å². The first-order valence-corrected chi connectivity index (χ1v) is 8.11. The first kappa shape index (κ1) is 15.2. The van der Waals surface area contributed by atoms with Crippen LogP contribution in [-0.4, -0.2) is 46.2 Å². The van der Waals surface area contributed by atoms with E-state index in [-0.39, 0.29) is 6.61 Å². The summed E-state index contributed by atoms with van der Waals surface area (Å²) in [4.78, 5) is 2.06. The molecule has 0 unspecified atom stereocenters. The van der Waals surface area contributed by atoms with Crippen molar-refractivity contribution in [2.75, 3.05) is 30.3 Å². The van der Waals surface area contributed by atoms with Crippen LogP contribution < -0.4 is 10.6 Å². The summed E-state index contributed by atoms with van der Waals surface area (Å²) >= 11 is 1.33. The molecule has 1 aliphatic heterocycles. The Kier molecular flexibility index (Phi) is 4.28. The molecular weight excluding hydrogens is 300 g/mol. The van der Waals surface area contributed by atoms with Gasteiger partial charge in [0, 0.05) is 18.5 Å². The molecule has 6 nitrogen and oxygen atoms in total. The van der Waals surface area contributed by atoms with E-state index in [0.717, 1.165) is 10.7 Å². The van der Waals surface area contributed by atoms with E-state index in [9.17, 15) is 10.2 Å². The summed E-state index contributed by atoms with van der Waals surface area (Å²) in [6.07, 6.45) is 0.669. The zero-order valence-corrected chi connectivity index (χ0v) is 13.0. The molecule has 1 fully saturated rings. The fraction of sp³-hybridized carbons (Fsp3) is 0.467. The third-order valence-corrected chi connectivity index (χ3v) is 5.11. The lowest BCUT2D eigenvalue weighted by Gasteiger charge is -2.45. The predicted molar refractivity (Wildman–Crippen MR) is 86.8 cm³/mol. The summed E-state index contributed by atoms with van der Waals surface area (Å²) in [6, 6.07) is 9.94. The SMILES string of the molecule is Nc1nnc(N2CC[C@@H](O)[C@@](CO)(Cc3ccccc3)C2)s1. The first-order chi connectivity index (χ1) is 10.6. The number of hydrogen-bond acceptors (Lipinski definition) is 7. The molecule has 0 amide bonds. The van der Waals surface area contributed by atoms with Crippen LogP contribution in [0.1, 0.15) is 12.0 Å². The van der Waals surface area contributed by atoms with Crippen molar-refractivity contribution in [1.29, 1.82) is 0 Å². The largest absolute Gasteiger partial charge is 0.396 e. The van der Waals surface area contributed by atoms with E-state index in [0.29, 0.717) is 31.1 Å². The summed E-state index contributed by atoms with van der Waals surface area (Å²) in [5, 5.41) is 29.6. The second-order valence-corrected chi connectivity index (χ2v) is 6.82. The van der Waals surface area contributed by atoms with Gasteiger partial charge in [-0.15, -0.1) is 10.2 Å². The van der Waals surface area contributed by atoms with Crippen molar-refractivity contribution in [3.63, 3.8) is 0 Å². The van der Waals surface area contributed by atoms with Gasteiger partial charge in [-0.05, 0) is 18.4 Å². The quantitative estimate of drug-likeness (QED) is 0.775. The van der Waals surface area contributed by atoms with Crippen molar-refractivity contribution in [3.05, 3.63) is 35.9 Å². The van der Waals surface area contributed by atoms with Crippen molar-refractivity contribution in [3.8, 4) is 0 Å². The molecule has 1 aromatic carbocycles. The Hall–Kier alpha value is -1.70. The second kappa shape index (κ2) is 6.20. The van der Waals surface area contributed by atoms with Crippen LogP contribution >= 0.6 is 11.3 Å². The minimum atomic E-state index is -0.597. The van der Waals surface area contributed by atoms with Crippen LogP contribution in [0.3, 0.4) is 0 Å². The molecule has 3 rings (SSSR count). The maximum absolute atomic E-state index is 10.5. The monoisotopic (exact) mass is 320 g/mol. The van der Waals surface area contributed by atoms with Gasteiger partial charge >= 0.3 is 0 Å². The van der Waals surface area contributed by atoms with Crippen LogP contribution in [-0.2, 0) is 6.42 Å². The number of piperidine rings is 1. The number of aliphatic hydroxyl groups excluding tert-OH is 2. The fourth-order valence-electron chi connectivity index (χ4n) is 3.05. The highest BCUT2D eigenvalue weighted by Crippen LogP contribution is 2.36. The molecule has 1 aliphatic rings. The molecule has 0 aliphatic carbocycles. The summed E-state index contributed by atoms with van der Waals surface area (Å²) in [5.74, 6) is 0. The minimum Gasteiger partial charge on any atom is -0.396 e. The summed E-state index contributed by atoms with van der Waals surface area (Å²) in [6.45, 7) is 1.15. The maximum Gasteiger partial charge on any atom is 0.210 e. The predicted octanol–water partition coefficient (Wildman–Crippen LogP) is 0.913. The zero-order valence-electron chi connectivity index (χ0n) is 12.2. The van der Waals surface area contributed by atoms with Gasteiger partial charge in [-0.2, -0.15) is 0 Å². The highest BCUT2D eigenvalue weighted by atomic mass is 32.1. The third kappa shape index (κ3) is 2.92. The maximum atomic E-state index is 10.5. The van der Waals surface area contributed by atoms with Crippen molar-refractivity contribution in [2.24, 2.45) is 5.41 Å². The summed E-state index contributed by atoms with van der Waals surface area (Å²) in [7, 11) is 0. The molecule has 0 radical (unpaired) electrons. The second-order valence-electron chi connectivity index (χ2n) is 5.83. The Balaban J connectivity index is 1.84. The molecule has 2 heterocycles. The molecule has 118 valence electrons. The fourth-order valence-corrected chi connectivity index (χ4v) is 3.69. The van der Waals surface area contributed by atoms with Crippen LogP contribution in [0.5, 0.6) is 0 Å². The Morgan fingerprint density at radius 1 is 1.32 bits per heavy atom. The average molecular weight is 320 g/mol. The van der Waals surface area contributed by atoms with Crippen molar-refractivity contribution in [1.82, 2.24) is 10.2 Å². The molecule has 0 spiro atoms. The highest BCUT2D eigenvalue weighted by Gasteiger charge is 2.43. The van der Waals surface area contributed by atoms with Crippen molar-refractivity contribution < 1.29 is 10.2 Å². The van der Waals surface area contributed by atoms with Gasteiger partial charge in [-0.3, -0.25) is 0 Å². The topological polar surface area (TPSA) is 95.5 Å². The lowest BCUT2D eigenvalue weighted by Crippen LogP contribution is -2.55. The standard InChI is InChI=1S/C15H20N4O2S/c16-13-17-18-14(22-13)19-7-6-12(21)15(9-19,10-20)8-11-4-2-1-3-5-11/h1-5,12,20-21H,6-10H2,(H2,16,17)/t12-,15+/m1/s1. The first-order valence-electron chi connectivity index (χ1n) is 7.30. The minimum absolute atomic E-state index is 0.0755. The number of aliphatic hydroxyl groups is 2. The van der Waals surface area contributed by atoms with E-state index >= 15 is 0 Å². The molecule has 22 heavy (non-hydrogen) atoms. The Labute approximate surface area is 133 Å². The molecular formula is C15H20N4O2S. The average Bonchev–Trinajstić information content (AvgIpc) is 2.97. The van der Waals surface area contributed by atoms with E-state index in [1.807, 2.05) is 30.3 Å². The number of anilines is 2. The van der Waals surface area contributed by atoms with E-state index in [2.05, 4.69) is 15.1 Å². The molecule has 2 aromatic rings. The van der Waals surface area contributed by atoms with Crippen LogP contribution in [0.4, 0.5) is 10.3 Å². The van der Waals surface area contributed by atoms with Gasteiger partial charge in [0.05, 0.1) is 12.7 Å². The highest BCUT2D eigenvalue weighted by molar-refractivity contribution is 7.18. The molecule has 7 heteroatoms. The van der Waals surface area contributed by atoms with Crippen LogP contribution in [0.15, 0.2) is 30.3 Å². The molecule has 2 atom stereocenters. The molecule has 4 N–H and O–H groups in total. The van der Waals surface area contributed by atoms with Gasteiger partial charge in [0.25, 0.3) is 0 Å². The summed E-state index contributed by atoms with van der Waals surface area (Å²) < 4.78 is 0. The van der Waals surface area contributed by atoms with Crippen LogP contribution in [0, 0.1) is 5.41 Å². The lowest BCUT2D eigenvalue weighted by atomic mass is 9.73. The number of benzene rings is 1. The molecule has 1 saturated heterocycles. The van der Waals surface area contributed by atoms with Gasteiger partial charge < -0.3 is 20.8 Å². The number of aromatic nitrogens is 2. The van der Waals surface area contributed by atoms with Gasteiger partial charge in [-0.25, -0.2) is 0 Å². The number of nitrogens with two attached hydrogens (primary N) is 1. The van der Waals surface area contributed by atoms with Gasteiger partial charge in [0.1, 0.15) is 0 Å². The van der Waals surface area contributed by atoms with Gasteiger partial charge in [-0.1, -0.05) is 41.7 Å². The molecule has 0 bridgehead atoms. The van der Waals surface area contributed by atoms with E-state index < -0.39 is 11.5 Å². The van der Waals surface area contributed by atoms with E-state index in [1.165, 1.54) is 11.3 Å². The normalized spacial score (nSPS) is 25.4. The van der Waals surface area contributed by atoms with E-state index in [4.69, 9.17) is 5.73 Å². The molecule has 1 aromatic heterocycles. The Morgan fingerprint density at radius 3 is 2.73 bits per heavy atom. The zero-order chi connectivity index (χ0) is 15.6. The smallest absolute Gasteiger partial charge is 0.210 e. The van der Waals surface area contributed by atoms with Crippen molar-refractivity contribution in [2.45, 2.75) is 18.9 Å². The Bertz CT molecular complexity index is 621. The lowest BCUT2D eigenvalue weighted by molar-refractivity contribution is -0.0291. The molecule has 0 saturated carbocycles.